The minimum absolute atomic E-state index is 0.0423. The van der Waals surface area contributed by atoms with E-state index in [4.69, 9.17) is 0 Å². The number of carbonyl (C=O) groups is 2. The van der Waals surface area contributed by atoms with E-state index in [2.05, 4.69) is 21.2 Å². The van der Waals surface area contributed by atoms with Crippen LogP contribution in [0.25, 0.3) is 0 Å². The SMILES string of the molecule is Cc1cc(Br)ccc1NC(=O)[C@@H]1CC(=O)N(C2CCCC2)C1. The highest BCUT2D eigenvalue weighted by Gasteiger charge is 2.38. The van der Waals surface area contributed by atoms with Crippen LogP contribution in [-0.4, -0.2) is 29.3 Å². The molecule has 2 aliphatic rings. The summed E-state index contributed by atoms with van der Waals surface area (Å²) < 4.78 is 0.992. The molecule has 118 valence electrons. The van der Waals surface area contributed by atoms with E-state index in [9.17, 15) is 9.59 Å². The Hall–Kier alpha value is -1.36. The van der Waals surface area contributed by atoms with Gasteiger partial charge in [0.1, 0.15) is 0 Å². The molecule has 5 heteroatoms. The number of benzene rings is 1. The topological polar surface area (TPSA) is 49.4 Å². The molecule has 0 bridgehead atoms. The van der Waals surface area contributed by atoms with Crippen molar-refractivity contribution < 1.29 is 9.59 Å². The molecule has 3 rings (SSSR count). The van der Waals surface area contributed by atoms with E-state index >= 15 is 0 Å². The van der Waals surface area contributed by atoms with Crippen LogP contribution in [0.5, 0.6) is 0 Å². The average Bonchev–Trinajstić information content (AvgIpc) is 3.10. The van der Waals surface area contributed by atoms with Gasteiger partial charge in [0.25, 0.3) is 0 Å². The summed E-state index contributed by atoms with van der Waals surface area (Å²) in [6, 6.07) is 6.13. The maximum Gasteiger partial charge on any atom is 0.229 e. The number of likely N-dealkylation sites (tertiary alicyclic amines) is 1. The van der Waals surface area contributed by atoms with Gasteiger partial charge >= 0.3 is 0 Å². The zero-order valence-electron chi connectivity index (χ0n) is 12.8. The van der Waals surface area contributed by atoms with Gasteiger partial charge in [0.15, 0.2) is 0 Å². The molecule has 0 spiro atoms. The Morgan fingerprint density at radius 2 is 2.05 bits per heavy atom. The Morgan fingerprint density at radius 3 is 2.73 bits per heavy atom. The summed E-state index contributed by atoms with van der Waals surface area (Å²) in [5.74, 6) is -0.130. The molecule has 1 aromatic rings. The van der Waals surface area contributed by atoms with Gasteiger partial charge in [0.05, 0.1) is 5.92 Å². The quantitative estimate of drug-likeness (QED) is 0.892. The van der Waals surface area contributed by atoms with Gasteiger partial charge in [0, 0.05) is 29.2 Å². The summed E-state index contributed by atoms with van der Waals surface area (Å²) in [5, 5.41) is 2.97. The van der Waals surface area contributed by atoms with E-state index in [0.29, 0.717) is 19.0 Å². The minimum Gasteiger partial charge on any atom is -0.339 e. The zero-order chi connectivity index (χ0) is 15.7. The fourth-order valence-electron chi connectivity index (χ4n) is 3.48. The standard InChI is InChI=1S/C17H21BrN2O2/c1-11-8-13(18)6-7-15(11)19-17(22)12-9-16(21)20(10-12)14-4-2-3-5-14/h6-8,12,14H,2-5,9-10H2,1H3,(H,19,22)/t12-/m1/s1. The van der Waals surface area contributed by atoms with E-state index in [1.807, 2.05) is 30.0 Å². The molecule has 1 atom stereocenters. The third-order valence-corrected chi connectivity index (χ3v) is 5.23. The lowest BCUT2D eigenvalue weighted by atomic mass is 10.1. The van der Waals surface area contributed by atoms with Crippen molar-refractivity contribution >= 4 is 33.4 Å². The van der Waals surface area contributed by atoms with E-state index in [-0.39, 0.29) is 17.7 Å². The van der Waals surface area contributed by atoms with Crippen molar-refractivity contribution in [3.05, 3.63) is 28.2 Å². The second kappa shape index (κ2) is 6.41. The monoisotopic (exact) mass is 364 g/mol. The highest BCUT2D eigenvalue weighted by molar-refractivity contribution is 9.10. The second-order valence-electron chi connectivity index (χ2n) is 6.33. The lowest BCUT2D eigenvalue weighted by Crippen LogP contribution is -2.35. The van der Waals surface area contributed by atoms with Crippen LogP contribution < -0.4 is 5.32 Å². The van der Waals surface area contributed by atoms with Crippen LogP contribution in [0, 0.1) is 12.8 Å². The van der Waals surface area contributed by atoms with Crippen molar-refractivity contribution in [2.75, 3.05) is 11.9 Å². The molecular weight excluding hydrogens is 344 g/mol. The van der Waals surface area contributed by atoms with Crippen molar-refractivity contribution in [1.82, 2.24) is 4.90 Å². The van der Waals surface area contributed by atoms with Gasteiger partial charge in [-0.25, -0.2) is 0 Å². The van der Waals surface area contributed by atoms with E-state index < -0.39 is 0 Å². The van der Waals surface area contributed by atoms with Gasteiger partial charge in [-0.2, -0.15) is 0 Å². The zero-order valence-corrected chi connectivity index (χ0v) is 14.4. The van der Waals surface area contributed by atoms with Crippen molar-refractivity contribution in [3.63, 3.8) is 0 Å². The lowest BCUT2D eigenvalue weighted by Gasteiger charge is -2.24. The first-order valence-corrected chi connectivity index (χ1v) is 8.70. The van der Waals surface area contributed by atoms with Crippen LogP contribution in [0.2, 0.25) is 0 Å². The van der Waals surface area contributed by atoms with Gasteiger partial charge in [-0.05, 0) is 43.5 Å². The normalized spacial score (nSPS) is 22.4. The van der Waals surface area contributed by atoms with Crippen molar-refractivity contribution in [1.29, 1.82) is 0 Å². The molecular formula is C17H21BrN2O2. The van der Waals surface area contributed by atoms with Crippen LogP contribution in [0.3, 0.4) is 0 Å². The predicted molar refractivity (Wildman–Crippen MR) is 89.6 cm³/mol. The van der Waals surface area contributed by atoms with Crippen molar-refractivity contribution in [2.45, 2.75) is 45.1 Å². The first-order chi connectivity index (χ1) is 10.5. The number of nitrogens with zero attached hydrogens (tertiary/aromatic N) is 1. The minimum atomic E-state index is -0.226. The van der Waals surface area contributed by atoms with Gasteiger partial charge in [0.2, 0.25) is 11.8 Å². The Bertz CT molecular complexity index is 596. The summed E-state index contributed by atoms with van der Waals surface area (Å²) >= 11 is 3.42. The number of nitrogens with one attached hydrogen (secondary N) is 1. The summed E-state index contributed by atoms with van der Waals surface area (Å²) in [5.41, 5.74) is 1.83. The third kappa shape index (κ3) is 3.19. The summed E-state index contributed by atoms with van der Waals surface area (Å²) in [7, 11) is 0. The molecule has 0 unspecified atom stereocenters. The van der Waals surface area contributed by atoms with Gasteiger partial charge in [-0.15, -0.1) is 0 Å². The highest BCUT2D eigenvalue weighted by atomic mass is 79.9. The number of hydrogen-bond donors (Lipinski definition) is 1. The molecule has 1 aliphatic heterocycles. The molecule has 0 radical (unpaired) electrons. The molecule has 1 aliphatic carbocycles. The Balaban J connectivity index is 1.64. The number of hydrogen-bond acceptors (Lipinski definition) is 2. The lowest BCUT2D eigenvalue weighted by molar-refractivity contribution is -0.129. The summed E-state index contributed by atoms with van der Waals surface area (Å²) in [4.78, 5) is 26.6. The summed E-state index contributed by atoms with van der Waals surface area (Å²) in [6.07, 6.45) is 4.92. The first kappa shape index (κ1) is 15.5. The Kier molecular flexibility index (Phi) is 4.52. The number of rotatable bonds is 3. The van der Waals surface area contributed by atoms with Crippen LogP contribution in [0.15, 0.2) is 22.7 Å². The molecule has 2 fully saturated rings. The van der Waals surface area contributed by atoms with Gasteiger partial charge in [-0.3, -0.25) is 9.59 Å². The molecule has 1 aromatic carbocycles. The fraction of sp³-hybridized carbons (Fsp3) is 0.529. The number of halogens is 1. The maximum absolute atomic E-state index is 12.5. The van der Waals surface area contributed by atoms with Crippen LogP contribution in [0.1, 0.15) is 37.7 Å². The van der Waals surface area contributed by atoms with Gasteiger partial charge in [-0.1, -0.05) is 28.8 Å². The Labute approximate surface area is 139 Å². The molecule has 1 saturated heterocycles. The number of carbonyl (C=O) groups excluding carboxylic acids is 2. The molecule has 0 aromatic heterocycles. The average molecular weight is 365 g/mol. The molecule has 1 saturated carbocycles. The highest BCUT2D eigenvalue weighted by Crippen LogP contribution is 2.30. The molecule has 1 heterocycles. The van der Waals surface area contributed by atoms with Crippen molar-refractivity contribution in [2.24, 2.45) is 5.92 Å². The van der Waals surface area contributed by atoms with E-state index in [1.54, 1.807) is 0 Å². The van der Waals surface area contributed by atoms with E-state index in [1.165, 1.54) is 12.8 Å². The predicted octanol–water partition coefficient (Wildman–Crippen LogP) is 3.49. The summed E-state index contributed by atoms with van der Waals surface area (Å²) in [6.45, 7) is 2.54. The Morgan fingerprint density at radius 1 is 1.32 bits per heavy atom. The van der Waals surface area contributed by atoms with Crippen LogP contribution in [-0.2, 0) is 9.59 Å². The maximum atomic E-state index is 12.5. The van der Waals surface area contributed by atoms with Crippen LogP contribution >= 0.6 is 15.9 Å². The fourth-order valence-corrected chi connectivity index (χ4v) is 3.95. The smallest absolute Gasteiger partial charge is 0.229 e. The molecule has 2 amide bonds. The van der Waals surface area contributed by atoms with Gasteiger partial charge < -0.3 is 10.2 Å². The van der Waals surface area contributed by atoms with Crippen molar-refractivity contribution in [3.8, 4) is 0 Å². The third-order valence-electron chi connectivity index (χ3n) is 4.74. The van der Waals surface area contributed by atoms with Crippen LogP contribution in [0.4, 0.5) is 5.69 Å². The number of amides is 2. The molecule has 22 heavy (non-hydrogen) atoms. The molecule has 1 N–H and O–H groups in total. The molecule has 4 nitrogen and oxygen atoms in total. The first-order valence-electron chi connectivity index (χ1n) is 7.91. The number of anilines is 1. The number of aryl methyl sites for hydroxylation is 1. The van der Waals surface area contributed by atoms with E-state index in [0.717, 1.165) is 28.6 Å². The largest absolute Gasteiger partial charge is 0.339 e. The second-order valence-corrected chi connectivity index (χ2v) is 7.25.